The molecule has 0 fully saturated rings. The molecule has 0 radical (unpaired) electrons. The van der Waals surface area contributed by atoms with Crippen LogP contribution in [0, 0.1) is 0 Å². The lowest BCUT2D eigenvalue weighted by Crippen LogP contribution is -2.11. The number of carbonyl (C=O) groups is 1. The molecule has 0 saturated heterocycles. The summed E-state index contributed by atoms with van der Waals surface area (Å²) in [4.78, 5) is 14.9. The van der Waals surface area contributed by atoms with E-state index >= 15 is 0 Å². The third-order valence-electron chi connectivity index (χ3n) is 2.21. The molecule has 0 amide bonds. The summed E-state index contributed by atoms with van der Waals surface area (Å²) in [7, 11) is 0. The van der Waals surface area contributed by atoms with Crippen LogP contribution in [-0.2, 0) is 4.79 Å². The van der Waals surface area contributed by atoms with Gasteiger partial charge in [0.15, 0.2) is 5.82 Å². The van der Waals surface area contributed by atoms with E-state index in [2.05, 4.69) is 15.2 Å². The Morgan fingerprint density at radius 2 is 2.11 bits per heavy atom. The van der Waals surface area contributed by atoms with Gasteiger partial charge in [-0.05, 0) is 31.2 Å². The Hall–Kier alpha value is -1.53. The number of hydrogen-bond acceptors (Lipinski definition) is 4. The average molecular weight is 284 g/mol. The van der Waals surface area contributed by atoms with Crippen molar-refractivity contribution in [2.45, 2.75) is 17.3 Å². The molecule has 0 aliphatic heterocycles. The molecule has 2 N–H and O–H groups in total. The number of benzene rings is 1. The lowest BCUT2D eigenvalue weighted by atomic mass is 10.2. The van der Waals surface area contributed by atoms with E-state index in [0.29, 0.717) is 16.0 Å². The number of carboxylic acid groups (broad SMARTS) is 1. The first-order valence-electron chi connectivity index (χ1n) is 5.14. The number of thioether (sulfide) groups is 1. The van der Waals surface area contributed by atoms with Gasteiger partial charge < -0.3 is 5.11 Å². The van der Waals surface area contributed by atoms with Crippen LogP contribution in [0.1, 0.15) is 6.92 Å². The van der Waals surface area contributed by atoms with Crippen molar-refractivity contribution < 1.29 is 9.90 Å². The highest BCUT2D eigenvalue weighted by molar-refractivity contribution is 8.00. The third kappa shape index (κ3) is 3.02. The molecule has 2 rings (SSSR count). The fourth-order valence-electron chi connectivity index (χ4n) is 1.24. The Bertz CT molecular complexity index is 556. The van der Waals surface area contributed by atoms with Crippen molar-refractivity contribution >= 4 is 29.3 Å². The van der Waals surface area contributed by atoms with Crippen molar-refractivity contribution in [3.05, 3.63) is 29.3 Å². The Balaban J connectivity index is 2.15. The van der Waals surface area contributed by atoms with Crippen LogP contribution in [0.4, 0.5) is 0 Å². The largest absolute Gasteiger partial charge is 0.480 e. The summed E-state index contributed by atoms with van der Waals surface area (Å²) >= 11 is 6.88. The van der Waals surface area contributed by atoms with E-state index < -0.39 is 11.2 Å². The first-order chi connectivity index (χ1) is 8.56. The molecule has 0 bridgehead atoms. The summed E-state index contributed by atoms with van der Waals surface area (Å²) in [6.07, 6.45) is 0. The SMILES string of the molecule is CC(Sc1n[nH]c(-c2ccc(Cl)cc2)n1)C(=O)O. The lowest BCUT2D eigenvalue weighted by Gasteiger charge is -2.00. The Morgan fingerprint density at radius 3 is 2.72 bits per heavy atom. The number of nitrogens with zero attached hydrogens (tertiary/aromatic N) is 2. The van der Waals surface area contributed by atoms with Gasteiger partial charge in [-0.2, -0.15) is 0 Å². The zero-order valence-corrected chi connectivity index (χ0v) is 11.0. The molecule has 0 spiro atoms. The monoisotopic (exact) mass is 283 g/mol. The Labute approximate surface area is 113 Å². The summed E-state index contributed by atoms with van der Waals surface area (Å²) < 4.78 is 0. The van der Waals surface area contributed by atoms with Gasteiger partial charge in [0.25, 0.3) is 0 Å². The molecule has 1 heterocycles. The predicted octanol–water partition coefficient (Wildman–Crippen LogP) is 2.69. The zero-order chi connectivity index (χ0) is 13.1. The maximum absolute atomic E-state index is 10.7. The molecule has 1 atom stereocenters. The number of nitrogens with one attached hydrogen (secondary N) is 1. The van der Waals surface area contributed by atoms with E-state index in [1.165, 1.54) is 0 Å². The van der Waals surface area contributed by atoms with Crippen LogP contribution in [0.25, 0.3) is 11.4 Å². The predicted molar refractivity (Wildman–Crippen MR) is 69.8 cm³/mol. The smallest absolute Gasteiger partial charge is 0.316 e. The van der Waals surface area contributed by atoms with Gasteiger partial charge in [0.1, 0.15) is 5.25 Å². The molecular formula is C11H10ClN3O2S. The van der Waals surface area contributed by atoms with Crippen molar-refractivity contribution in [1.29, 1.82) is 0 Å². The lowest BCUT2D eigenvalue weighted by molar-refractivity contribution is -0.136. The highest BCUT2D eigenvalue weighted by Gasteiger charge is 2.15. The molecule has 0 saturated carbocycles. The van der Waals surface area contributed by atoms with Gasteiger partial charge in [-0.3, -0.25) is 9.89 Å². The summed E-state index contributed by atoms with van der Waals surface area (Å²) in [5.41, 5.74) is 0.849. The second-order valence-corrected chi connectivity index (χ2v) is 5.32. The number of carboxylic acids is 1. The molecule has 5 nitrogen and oxygen atoms in total. The second-order valence-electron chi connectivity index (χ2n) is 3.57. The summed E-state index contributed by atoms with van der Waals surface area (Å²) in [6, 6.07) is 7.15. The first-order valence-corrected chi connectivity index (χ1v) is 6.40. The average Bonchev–Trinajstić information content (AvgIpc) is 2.78. The van der Waals surface area contributed by atoms with Gasteiger partial charge >= 0.3 is 5.97 Å². The minimum absolute atomic E-state index is 0.412. The number of H-pyrrole nitrogens is 1. The van der Waals surface area contributed by atoms with Crippen LogP contribution in [0.15, 0.2) is 29.4 Å². The molecule has 7 heteroatoms. The van der Waals surface area contributed by atoms with Gasteiger partial charge in [-0.1, -0.05) is 23.4 Å². The summed E-state index contributed by atoms with van der Waals surface area (Å²) in [5.74, 6) is -0.301. The van der Waals surface area contributed by atoms with Crippen molar-refractivity contribution in [3.8, 4) is 11.4 Å². The maximum atomic E-state index is 10.7. The molecule has 2 aromatic rings. The van der Waals surface area contributed by atoms with E-state index in [9.17, 15) is 4.79 Å². The standard InChI is InChI=1S/C11H10ClN3O2S/c1-6(10(16)17)18-11-13-9(14-15-11)7-2-4-8(12)5-3-7/h2-6H,1H3,(H,16,17)(H,13,14,15). The minimum Gasteiger partial charge on any atom is -0.480 e. The normalized spacial score (nSPS) is 12.3. The molecular weight excluding hydrogens is 274 g/mol. The molecule has 94 valence electrons. The van der Waals surface area contributed by atoms with E-state index in [0.717, 1.165) is 17.3 Å². The fourth-order valence-corrected chi connectivity index (χ4v) is 2.03. The molecule has 1 aromatic heterocycles. The zero-order valence-electron chi connectivity index (χ0n) is 9.42. The van der Waals surface area contributed by atoms with Crippen LogP contribution >= 0.6 is 23.4 Å². The van der Waals surface area contributed by atoms with Crippen molar-refractivity contribution in [3.63, 3.8) is 0 Å². The quantitative estimate of drug-likeness (QED) is 0.844. The van der Waals surface area contributed by atoms with Gasteiger partial charge in [0.05, 0.1) is 0 Å². The molecule has 1 aromatic carbocycles. The first kappa shape index (κ1) is 12.9. The van der Waals surface area contributed by atoms with Crippen LogP contribution in [0.3, 0.4) is 0 Å². The van der Waals surface area contributed by atoms with Crippen molar-refractivity contribution in [2.75, 3.05) is 0 Å². The summed E-state index contributed by atoms with van der Waals surface area (Å²) in [6.45, 7) is 1.59. The van der Waals surface area contributed by atoms with E-state index in [1.807, 2.05) is 12.1 Å². The maximum Gasteiger partial charge on any atom is 0.316 e. The fraction of sp³-hybridized carbons (Fsp3) is 0.182. The van der Waals surface area contributed by atoms with Crippen molar-refractivity contribution in [1.82, 2.24) is 15.2 Å². The molecule has 0 aliphatic carbocycles. The Kier molecular flexibility index (Phi) is 3.88. The van der Waals surface area contributed by atoms with Crippen LogP contribution in [-0.4, -0.2) is 31.5 Å². The van der Waals surface area contributed by atoms with E-state index in [-0.39, 0.29) is 0 Å². The highest BCUT2D eigenvalue weighted by Crippen LogP contribution is 2.23. The number of aliphatic carboxylic acids is 1. The van der Waals surface area contributed by atoms with Gasteiger partial charge in [0, 0.05) is 10.6 Å². The molecule has 1 unspecified atom stereocenters. The third-order valence-corrected chi connectivity index (χ3v) is 3.41. The van der Waals surface area contributed by atoms with Gasteiger partial charge in [0.2, 0.25) is 5.16 Å². The number of aromatic amines is 1. The van der Waals surface area contributed by atoms with Gasteiger partial charge in [-0.15, -0.1) is 5.10 Å². The summed E-state index contributed by atoms with van der Waals surface area (Å²) in [5, 5.41) is 16.0. The number of hydrogen-bond donors (Lipinski definition) is 2. The number of aromatic nitrogens is 3. The van der Waals surface area contributed by atoms with Crippen LogP contribution in [0.2, 0.25) is 5.02 Å². The van der Waals surface area contributed by atoms with Crippen LogP contribution < -0.4 is 0 Å². The van der Waals surface area contributed by atoms with E-state index in [1.54, 1.807) is 19.1 Å². The van der Waals surface area contributed by atoms with Gasteiger partial charge in [-0.25, -0.2) is 4.98 Å². The topological polar surface area (TPSA) is 78.9 Å². The van der Waals surface area contributed by atoms with Crippen molar-refractivity contribution in [2.24, 2.45) is 0 Å². The molecule has 0 aliphatic rings. The Morgan fingerprint density at radius 1 is 1.44 bits per heavy atom. The molecule has 18 heavy (non-hydrogen) atoms. The highest BCUT2D eigenvalue weighted by atomic mass is 35.5. The minimum atomic E-state index is -0.891. The van der Waals surface area contributed by atoms with E-state index in [4.69, 9.17) is 16.7 Å². The second kappa shape index (κ2) is 5.41. The van der Waals surface area contributed by atoms with Crippen LogP contribution in [0.5, 0.6) is 0 Å². The number of rotatable bonds is 4. The number of halogens is 1.